The summed E-state index contributed by atoms with van der Waals surface area (Å²) in [6.45, 7) is 0.547. The molecule has 4 nitrogen and oxygen atoms in total. The molecule has 1 aromatic carbocycles. The number of benzene rings is 1. The molecule has 78 valence electrons. The third-order valence-electron chi connectivity index (χ3n) is 1.73. The number of aromatic hydroxyl groups is 1. The lowest BCUT2D eigenvalue weighted by Gasteiger charge is -2.08. The van der Waals surface area contributed by atoms with Crippen molar-refractivity contribution in [2.24, 2.45) is 0 Å². The van der Waals surface area contributed by atoms with Crippen molar-refractivity contribution in [2.75, 3.05) is 14.2 Å². The summed E-state index contributed by atoms with van der Waals surface area (Å²) < 4.78 is 5.60. The molecule has 0 heterocycles. The number of hydrogen-bond acceptors (Lipinski definition) is 4. The lowest BCUT2D eigenvalue weighted by atomic mass is 10.2. The van der Waals surface area contributed by atoms with Gasteiger partial charge in [0.05, 0.1) is 18.7 Å². The zero-order chi connectivity index (χ0) is 10.6. The van der Waals surface area contributed by atoms with Gasteiger partial charge in [-0.3, -0.25) is 0 Å². The molecule has 14 heavy (non-hydrogen) atoms. The molecule has 0 fully saturated rings. The summed E-state index contributed by atoms with van der Waals surface area (Å²) in [4.78, 5) is 4.72. The number of rotatable bonds is 4. The van der Waals surface area contributed by atoms with Crippen LogP contribution in [0.2, 0.25) is 0 Å². The third kappa shape index (κ3) is 2.60. The first-order valence-electron chi connectivity index (χ1n) is 4.00. The predicted octanol–water partition coefficient (Wildman–Crippen LogP) is 1.81. The average Bonchev–Trinajstić information content (AvgIpc) is 2.19. The van der Waals surface area contributed by atoms with Gasteiger partial charge in [-0.1, -0.05) is 0 Å². The standard InChI is InChI=1S/C9H12BrNO3/c1-13-8-4-6(5-11-14-2)3-7(10)9(8)12/h3-4,11-12H,5H2,1-2H3. The number of hydroxylamine groups is 1. The highest BCUT2D eigenvalue weighted by atomic mass is 79.9. The fourth-order valence-electron chi connectivity index (χ4n) is 1.04. The van der Waals surface area contributed by atoms with Crippen molar-refractivity contribution in [3.05, 3.63) is 22.2 Å². The highest BCUT2D eigenvalue weighted by molar-refractivity contribution is 9.10. The predicted molar refractivity (Wildman–Crippen MR) is 56.2 cm³/mol. The Labute approximate surface area is 90.9 Å². The zero-order valence-electron chi connectivity index (χ0n) is 8.00. The molecule has 0 unspecified atom stereocenters. The summed E-state index contributed by atoms with van der Waals surface area (Å²) >= 11 is 3.23. The monoisotopic (exact) mass is 261 g/mol. The highest BCUT2D eigenvalue weighted by Gasteiger charge is 2.07. The van der Waals surface area contributed by atoms with Crippen LogP contribution in [0.1, 0.15) is 5.56 Å². The van der Waals surface area contributed by atoms with Crippen LogP contribution in [-0.4, -0.2) is 19.3 Å². The van der Waals surface area contributed by atoms with E-state index in [9.17, 15) is 5.11 Å². The largest absolute Gasteiger partial charge is 0.503 e. The van der Waals surface area contributed by atoms with Gasteiger partial charge in [-0.25, -0.2) is 0 Å². The molecule has 1 aromatic rings. The fourth-order valence-corrected chi connectivity index (χ4v) is 1.53. The second-order valence-electron chi connectivity index (χ2n) is 2.65. The van der Waals surface area contributed by atoms with Crippen molar-refractivity contribution < 1.29 is 14.7 Å². The average molecular weight is 262 g/mol. The van der Waals surface area contributed by atoms with E-state index in [-0.39, 0.29) is 5.75 Å². The summed E-state index contributed by atoms with van der Waals surface area (Å²) in [7, 11) is 3.06. The van der Waals surface area contributed by atoms with Crippen molar-refractivity contribution in [1.82, 2.24) is 5.48 Å². The van der Waals surface area contributed by atoms with Crippen LogP contribution in [-0.2, 0) is 11.4 Å². The topological polar surface area (TPSA) is 50.7 Å². The quantitative estimate of drug-likeness (QED) is 0.812. The Bertz CT molecular complexity index is 317. The van der Waals surface area contributed by atoms with E-state index in [0.29, 0.717) is 16.8 Å². The number of hydrogen-bond donors (Lipinski definition) is 2. The van der Waals surface area contributed by atoms with Gasteiger partial charge in [-0.2, -0.15) is 5.48 Å². The Kier molecular flexibility index (Phi) is 4.19. The zero-order valence-corrected chi connectivity index (χ0v) is 9.59. The normalized spacial score (nSPS) is 10.2. The Morgan fingerprint density at radius 3 is 2.71 bits per heavy atom. The van der Waals surface area contributed by atoms with Crippen LogP contribution in [0.15, 0.2) is 16.6 Å². The van der Waals surface area contributed by atoms with E-state index in [1.54, 1.807) is 19.2 Å². The highest BCUT2D eigenvalue weighted by Crippen LogP contribution is 2.35. The second-order valence-corrected chi connectivity index (χ2v) is 3.51. The van der Waals surface area contributed by atoms with Crippen molar-refractivity contribution in [1.29, 1.82) is 0 Å². The molecular weight excluding hydrogens is 250 g/mol. The van der Waals surface area contributed by atoms with Gasteiger partial charge in [-0.05, 0) is 33.6 Å². The van der Waals surface area contributed by atoms with Crippen molar-refractivity contribution in [2.45, 2.75) is 6.54 Å². The van der Waals surface area contributed by atoms with E-state index >= 15 is 0 Å². The molecule has 0 saturated heterocycles. The van der Waals surface area contributed by atoms with Gasteiger partial charge in [0.1, 0.15) is 0 Å². The maximum Gasteiger partial charge on any atom is 0.172 e. The van der Waals surface area contributed by atoms with Crippen LogP contribution in [0, 0.1) is 0 Å². The lowest BCUT2D eigenvalue weighted by Crippen LogP contribution is -2.10. The number of methoxy groups -OCH3 is 1. The van der Waals surface area contributed by atoms with Gasteiger partial charge < -0.3 is 14.7 Å². The van der Waals surface area contributed by atoms with E-state index in [4.69, 9.17) is 9.57 Å². The molecule has 0 aliphatic heterocycles. The van der Waals surface area contributed by atoms with Gasteiger partial charge in [-0.15, -0.1) is 0 Å². The smallest absolute Gasteiger partial charge is 0.172 e. The third-order valence-corrected chi connectivity index (χ3v) is 2.33. The first kappa shape index (κ1) is 11.3. The molecule has 0 atom stereocenters. The minimum absolute atomic E-state index is 0.105. The lowest BCUT2D eigenvalue weighted by molar-refractivity contribution is 0.0866. The van der Waals surface area contributed by atoms with Crippen molar-refractivity contribution in [3.63, 3.8) is 0 Å². The minimum atomic E-state index is 0.105. The van der Waals surface area contributed by atoms with E-state index in [0.717, 1.165) is 5.56 Å². The summed E-state index contributed by atoms with van der Waals surface area (Å²) in [5.41, 5.74) is 3.66. The minimum Gasteiger partial charge on any atom is -0.503 e. The molecular formula is C9H12BrNO3. The van der Waals surface area contributed by atoms with E-state index in [1.165, 1.54) is 7.11 Å². The van der Waals surface area contributed by atoms with Crippen LogP contribution in [0.25, 0.3) is 0 Å². The number of ether oxygens (including phenoxy) is 1. The van der Waals surface area contributed by atoms with Crippen LogP contribution >= 0.6 is 15.9 Å². The van der Waals surface area contributed by atoms with Gasteiger partial charge >= 0.3 is 0 Å². The molecule has 1 rings (SSSR count). The molecule has 0 aliphatic carbocycles. The molecule has 2 N–H and O–H groups in total. The summed E-state index contributed by atoms with van der Waals surface area (Å²) in [5, 5.41) is 9.52. The Hall–Kier alpha value is -0.780. The molecule has 0 aliphatic rings. The SMILES string of the molecule is CONCc1cc(Br)c(O)c(OC)c1. The number of phenolic OH excluding ortho intramolecular Hbond substituents is 1. The van der Waals surface area contributed by atoms with E-state index in [1.807, 2.05) is 0 Å². The van der Waals surface area contributed by atoms with Gasteiger partial charge in [0, 0.05) is 6.54 Å². The number of halogens is 1. The van der Waals surface area contributed by atoms with Gasteiger partial charge in [0.15, 0.2) is 11.5 Å². The fraction of sp³-hybridized carbons (Fsp3) is 0.333. The van der Waals surface area contributed by atoms with E-state index in [2.05, 4.69) is 21.4 Å². The van der Waals surface area contributed by atoms with Crippen molar-refractivity contribution >= 4 is 15.9 Å². The molecule has 0 spiro atoms. The van der Waals surface area contributed by atoms with Crippen LogP contribution in [0.4, 0.5) is 0 Å². The summed E-state index contributed by atoms with van der Waals surface area (Å²) in [6.07, 6.45) is 0. The van der Waals surface area contributed by atoms with Crippen LogP contribution < -0.4 is 10.2 Å². The maximum atomic E-state index is 9.52. The number of phenols is 1. The molecule has 0 amide bonds. The van der Waals surface area contributed by atoms with Gasteiger partial charge in [0.2, 0.25) is 0 Å². The first-order valence-corrected chi connectivity index (χ1v) is 4.79. The Balaban J connectivity index is 2.91. The molecule has 5 heteroatoms. The maximum absolute atomic E-state index is 9.52. The van der Waals surface area contributed by atoms with E-state index < -0.39 is 0 Å². The molecule has 0 saturated carbocycles. The molecule has 0 aromatic heterocycles. The summed E-state index contributed by atoms with van der Waals surface area (Å²) in [5.74, 6) is 0.543. The summed E-state index contributed by atoms with van der Waals surface area (Å²) in [6, 6.07) is 3.54. The van der Waals surface area contributed by atoms with Crippen LogP contribution in [0.3, 0.4) is 0 Å². The molecule has 0 radical (unpaired) electrons. The van der Waals surface area contributed by atoms with Crippen molar-refractivity contribution in [3.8, 4) is 11.5 Å². The van der Waals surface area contributed by atoms with Crippen LogP contribution in [0.5, 0.6) is 11.5 Å². The Morgan fingerprint density at radius 2 is 2.14 bits per heavy atom. The number of nitrogens with one attached hydrogen (secondary N) is 1. The second kappa shape index (κ2) is 5.19. The first-order chi connectivity index (χ1) is 6.69. The van der Waals surface area contributed by atoms with Gasteiger partial charge in [0.25, 0.3) is 0 Å². The Morgan fingerprint density at radius 1 is 1.43 bits per heavy atom. The molecule has 0 bridgehead atoms.